The molecule has 1 aliphatic carbocycles. The van der Waals surface area contributed by atoms with Crippen LogP contribution in [0.4, 0.5) is 0 Å². The zero-order chi connectivity index (χ0) is 7.52. The lowest BCUT2D eigenvalue weighted by Crippen LogP contribution is -2.31. The fourth-order valence-electron chi connectivity index (χ4n) is 1.58. The summed E-state index contributed by atoms with van der Waals surface area (Å²) in [4.78, 5) is 0. The van der Waals surface area contributed by atoms with Crippen molar-refractivity contribution in [3.8, 4) is 0 Å². The molecule has 0 aromatic rings. The second kappa shape index (κ2) is 3.20. The molecule has 1 saturated heterocycles. The second-order valence-corrected chi connectivity index (χ2v) is 3.04. The van der Waals surface area contributed by atoms with Crippen LogP contribution in [0.25, 0.3) is 0 Å². The third-order valence-corrected chi connectivity index (χ3v) is 2.28. The molecule has 1 heterocycles. The van der Waals surface area contributed by atoms with Crippen molar-refractivity contribution in [2.45, 2.75) is 12.5 Å². The first-order valence-corrected chi connectivity index (χ1v) is 4.11. The minimum Gasteiger partial charge on any atom is -0.365 e. The molecule has 0 bridgehead atoms. The monoisotopic (exact) mass is 151 g/mol. The van der Waals surface area contributed by atoms with Crippen LogP contribution >= 0.6 is 0 Å². The number of ether oxygens (including phenoxy) is 1. The summed E-state index contributed by atoms with van der Waals surface area (Å²) in [5.74, 6) is 0.641. The molecule has 0 radical (unpaired) electrons. The Balaban J connectivity index is 1.94. The summed E-state index contributed by atoms with van der Waals surface area (Å²) in [7, 11) is 0. The molecule has 1 fully saturated rings. The van der Waals surface area contributed by atoms with Gasteiger partial charge in [-0.3, -0.25) is 5.32 Å². The lowest BCUT2D eigenvalue weighted by atomic mass is 9.94. The molecule has 0 aromatic carbocycles. The molecule has 0 spiro atoms. The molecule has 2 heteroatoms. The van der Waals surface area contributed by atoms with E-state index in [0.717, 1.165) is 19.8 Å². The van der Waals surface area contributed by atoms with Gasteiger partial charge in [-0.2, -0.15) is 0 Å². The van der Waals surface area contributed by atoms with Gasteiger partial charge in [0, 0.05) is 6.04 Å². The van der Waals surface area contributed by atoms with Gasteiger partial charge in [0.25, 0.3) is 0 Å². The Labute approximate surface area is 66.9 Å². The summed E-state index contributed by atoms with van der Waals surface area (Å²) >= 11 is 0. The van der Waals surface area contributed by atoms with Crippen molar-refractivity contribution in [1.82, 2.24) is 5.32 Å². The fourth-order valence-corrected chi connectivity index (χ4v) is 1.58. The molecule has 2 atom stereocenters. The van der Waals surface area contributed by atoms with Crippen LogP contribution in [0.5, 0.6) is 0 Å². The van der Waals surface area contributed by atoms with Crippen molar-refractivity contribution in [2.24, 2.45) is 5.92 Å². The van der Waals surface area contributed by atoms with Crippen molar-refractivity contribution >= 4 is 0 Å². The summed E-state index contributed by atoms with van der Waals surface area (Å²) in [6, 6.07) is 0.538. The van der Waals surface area contributed by atoms with E-state index in [4.69, 9.17) is 4.74 Å². The number of hydrogen-bond acceptors (Lipinski definition) is 2. The lowest BCUT2D eigenvalue weighted by molar-refractivity contribution is 0.186. The average molecular weight is 151 g/mol. The van der Waals surface area contributed by atoms with Crippen LogP contribution in [0, 0.1) is 5.92 Å². The van der Waals surface area contributed by atoms with Crippen LogP contribution in [0.2, 0.25) is 0 Å². The summed E-state index contributed by atoms with van der Waals surface area (Å²) in [6.07, 6.45) is 9.84. The van der Waals surface area contributed by atoms with Crippen LogP contribution in [0.1, 0.15) is 6.42 Å². The zero-order valence-corrected chi connectivity index (χ0v) is 6.49. The highest BCUT2D eigenvalue weighted by molar-refractivity contribution is 5.13. The highest BCUT2D eigenvalue weighted by Crippen LogP contribution is 2.17. The Hall–Kier alpha value is -0.600. The lowest BCUT2D eigenvalue weighted by Gasteiger charge is -2.18. The number of rotatable bonds is 1. The smallest absolute Gasteiger partial charge is 0.0969 e. The minimum atomic E-state index is 0.538. The van der Waals surface area contributed by atoms with Gasteiger partial charge in [0.05, 0.1) is 13.3 Å². The van der Waals surface area contributed by atoms with Gasteiger partial charge in [-0.1, -0.05) is 24.3 Å². The Kier molecular flexibility index (Phi) is 2.06. The summed E-state index contributed by atoms with van der Waals surface area (Å²) < 4.78 is 5.24. The first-order chi connectivity index (χ1) is 5.47. The van der Waals surface area contributed by atoms with Crippen molar-refractivity contribution in [3.63, 3.8) is 0 Å². The molecule has 1 aliphatic heterocycles. The Morgan fingerprint density at radius 1 is 1.36 bits per heavy atom. The first kappa shape index (κ1) is 7.07. The van der Waals surface area contributed by atoms with Gasteiger partial charge in [0.1, 0.15) is 0 Å². The first-order valence-electron chi connectivity index (χ1n) is 4.11. The molecular formula is C9H13NO. The average Bonchev–Trinajstić information content (AvgIpc) is 2.58. The quantitative estimate of drug-likeness (QED) is 0.605. The minimum absolute atomic E-state index is 0.538. The molecule has 60 valence electrons. The molecule has 0 saturated carbocycles. The van der Waals surface area contributed by atoms with Crippen molar-refractivity contribution in [1.29, 1.82) is 0 Å². The van der Waals surface area contributed by atoms with Crippen LogP contribution in [0.15, 0.2) is 24.3 Å². The van der Waals surface area contributed by atoms with Crippen LogP contribution in [-0.2, 0) is 4.74 Å². The van der Waals surface area contributed by atoms with Gasteiger partial charge in [-0.05, 0) is 12.3 Å². The van der Waals surface area contributed by atoms with Crippen molar-refractivity contribution in [2.75, 3.05) is 13.3 Å². The SMILES string of the molecule is C1=CCC([C@@H]2COCN2)C=C1. The molecular weight excluding hydrogens is 138 g/mol. The second-order valence-electron chi connectivity index (χ2n) is 3.04. The molecule has 11 heavy (non-hydrogen) atoms. The maximum Gasteiger partial charge on any atom is 0.0969 e. The van der Waals surface area contributed by atoms with Crippen LogP contribution in [0.3, 0.4) is 0 Å². The topological polar surface area (TPSA) is 21.3 Å². The zero-order valence-electron chi connectivity index (χ0n) is 6.49. The standard InChI is InChI=1S/C9H13NO/c1-2-4-8(5-3-1)9-6-11-7-10-9/h1-4,8-10H,5-7H2/t8?,9-/m0/s1. The Bertz CT molecular complexity index is 180. The molecule has 1 unspecified atom stereocenters. The molecule has 2 aliphatic rings. The van der Waals surface area contributed by atoms with Crippen LogP contribution < -0.4 is 5.32 Å². The fraction of sp³-hybridized carbons (Fsp3) is 0.556. The van der Waals surface area contributed by atoms with E-state index in [1.54, 1.807) is 0 Å². The van der Waals surface area contributed by atoms with E-state index in [1.165, 1.54) is 0 Å². The van der Waals surface area contributed by atoms with E-state index in [2.05, 4.69) is 29.6 Å². The van der Waals surface area contributed by atoms with Gasteiger partial charge in [-0.25, -0.2) is 0 Å². The summed E-state index contributed by atoms with van der Waals surface area (Å²) in [5, 5.41) is 3.32. The highest BCUT2D eigenvalue weighted by Gasteiger charge is 2.22. The molecule has 2 rings (SSSR count). The van der Waals surface area contributed by atoms with Crippen molar-refractivity contribution < 1.29 is 4.74 Å². The van der Waals surface area contributed by atoms with E-state index in [9.17, 15) is 0 Å². The Morgan fingerprint density at radius 3 is 3.00 bits per heavy atom. The largest absolute Gasteiger partial charge is 0.365 e. The number of hydrogen-bond donors (Lipinski definition) is 1. The maximum absolute atomic E-state index is 5.24. The molecule has 0 aromatic heterocycles. The predicted octanol–water partition coefficient (Wildman–Crippen LogP) is 1.06. The van der Waals surface area contributed by atoms with E-state index in [-0.39, 0.29) is 0 Å². The number of allylic oxidation sites excluding steroid dienone is 3. The number of nitrogens with one attached hydrogen (secondary N) is 1. The van der Waals surface area contributed by atoms with Gasteiger partial charge in [0.15, 0.2) is 0 Å². The summed E-state index contributed by atoms with van der Waals surface area (Å²) in [6.45, 7) is 1.58. The van der Waals surface area contributed by atoms with E-state index >= 15 is 0 Å². The third kappa shape index (κ3) is 1.52. The van der Waals surface area contributed by atoms with E-state index < -0.39 is 0 Å². The van der Waals surface area contributed by atoms with Gasteiger partial charge in [0.2, 0.25) is 0 Å². The normalized spacial score (nSPS) is 36.4. The third-order valence-electron chi connectivity index (χ3n) is 2.28. The summed E-state index contributed by atoms with van der Waals surface area (Å²) in [5.41, 5.74) is 0. The van der Waals surface area contributed by atoms with Crippen molar-refractivity contribution in [3.05, 3.63) is 24.3 Å². The Morgan fingerprint density at radius 2 is 2.36 bits per heavy atom. The highest BCUT2D eigenvalue weighted by atomic mass is 16.5. The molecule has 2 nitrogen and oxygen atoms in total. The molecule has 1 N–H and O–H groups in total. The van der Waals surface area contributed by atoms with Gasteiger partial charge in [-0.15, -0.1) is 0 Å². The molecule has 0 amide bonds. The van der Waals surface area contributed by atoms with E-state index in [0.29, 0.717) is 12.0 Å². The van der Waals surface area contributed by atoms with E-state index in [1.807, 2.05) is 0 Å². The van der Waals surface area contributed by atoms with Crippen LogP contribution in [-0.4, -0.2) is 19.4 Å². The maximum atomic E-state index is 5.24. The van der Waals surface area contributed by atoms with Gasteiger partial charge >= 0.3 is 0 Å². The van der Waals surface area contributed by atoms with Gasteiger partial charge < -0.3 is 4.74 Å². The predicted molar refractivity (Wildman–Crippen MR) is 44.1 cm³/mol.